The van der Waals surface area contributed by atoms with Crippen LogP contribution in [0.15, 0.2) is 47.6 Å². The first kappa shape index (κ1) is 14.5. The topological polar surface area (TPSA) is 51.5 Å². The Hall–Kier alpha value is -2.05. The van der Waals surface area contributed by atoms with Crippen molar-refractivity contribution in [3.05, 3.63) is 42.6 Å². The van der Waals surface area contributed by atoms with E-state index in [9.17, 15) is 0 Å². The summed E-state index contributed by atoms with van der Waals surface area (Å²) in [6, 6.07) is 12.2. The summed E-state index contributed by atoms with van der Waals surface area (Å²) in [7, 11) is 0. The Labute approximate surface area is 139 Å². The van der Waals surface area contributed by atoms with Crippen LogP contribution >= 0.6 is 11.8 Å². The van der Waals surface area contributed by atoms with Gasteiger partial charge in [0.05, 0.1) is 18.5 Å². The Kier molecular flexibility index (Phi) is 4.17. The molecule has 1 aliphatic rings. The maximum atomic E-state index is 5.85. The molecule has 0 spiro atoms. The van der Waals surface area contributed by atoms with Crippen molar-refractivity contribution in [2.75, 3.05) is 25.4 Å². The molecule has 1 aliphatic heterocycles. The molecular weight excluding hydrogens is 308 g/mol. The molecule has 0 saturated heterocycles. The van der Waals surface area contributed by atoms with Crippen LogP contribution in [0.2, 0.25) is 0 Å². The van der Waals surface area contributed by atoms with E-state index in [0.717, 1.165) is 59.6 Å². The zero-order chi connectivity index (χ0) is 15.5. The summed E-state index contributed by atoms with van der Waals surface area (Å²) < 4.78 is 7.77. The van der Waals surface area contributed by atoms with E-state index in [2.05, 4.69) is 22.4 Å². The minimum Gasteiger partial charge on any atom is -0.494 e. The summed E-state index contributed by atoms with van der Waals surface area (Å²) in [6.07, 6.45) is 2.87. The molecule has 0 amide bonds. The highest BCUT2D eigenvalue weighted by Crippen LogP contribution is 2.25. The molecule has 23 heavy (non-hydrogen) atoms. The van der Waals surface area contributed by atoms with Crippen LogP contribution < -0.4 is 10.1 Å². The molecule has 0 fully saturated rings. The normalized spacial score (nSPS) is 15.8. The number of fused-ring (bicyclic) bond motifs is 4. The molecule has 0 aliphatic carbocycles. The molecule has 0 unspecified atom stereocenters. The van der Waals surface area contributed by atoms with Gasteiger partial charge in [-0.3, -0.25) is 0 Å². The third-order valence-corrected chi connectivity index (χ3v) is 4.68. The first-order valence-corrected chi connectivity index (χ1v) is 8.80. The maximum absolute atomic E-state index is 5.85. The number of benzene rings is 1. The Balaban J connectivity index is 1.78. The van der Waals surface area contributed by atoms with Gasteiger partial charge in [-0.15, -0.1) is 11.8 Å². The third kappa shape index (κ3) is 3.18. The summed E-state index contributed by atoms with van der Waals surface area (Å²) in [6.45, 7) is 2.66. The van der Waals surface area contributed by atoms with Gasteiger partial charge >= 0.3 is 0 Å². The molecule has 0 radical (unpaired) electrons. The number of ether oxygens (including phenoxy) is 1. The SMILES string of the molecule is c1cc2cc(c1)-c1cnc3ccc(nn13)SCCNCCCO2. The van der Waals surface area contributed by atoms with E-state index in [-0.39, 0.29) is 0 Å². The highest BCUT2D eigenvalue weighted by Gasteiger charge is 2.09. The predicted octanol–water partition coefficient (Wildman–Crippen LogP) is 2.86. The quantitative estimate of drug-likeness (QED) is 0.688. The van der Waals surface area contributed by atoms with Crippen molar-refractivity contribution in [1.29, 1.82) is 0 Å². The van der Waals surface area contributed by atoms with E-state index in [4.69, 9.17) is 9.84 Å². The lowest BCUT2D eigenvalue weighted by Gasteiger charge is -2.08. The molecule has 4 rings (SSSR count). The molecule has 118 valence electrons. The number of rotatable bonds is 0. The second-order valence-corrected chi connectivity index (χ2v) is 6.53. The van der Waals surface area contributed by atoms with Gasteiger partial charge in [-0.1, -0.05) is 12.1 Å². The molecule has 1 N–H and O–H groups in total. The Morgan fingerprint density at radius 3 is 3.17 bits per heavy atom. The number of hydrogen-bond donors (Lipinski definition) is 1. The van der Waals surface area contributed by atoms with Crippen molar-refractivity contribution in [3.8, 4) is 17.0 Å². The van der Waals surface area contributed by atoms with Gasteiger partial charge < -0.3 is 10.1 Å². The Morgan fingerprint density at radius 2 is 2.17 bits per heavy atom. The second kappa shape index (κ2) is 6.60. The zero-order valence-electron chi connectivity index (χ0n) is 12.7. The van der Waals surface area contributed by atoms with Crippen LogP contribution in [0.1, 0.15) is 6.42 Å². The van der Waals surface area contributed by atoms with Crippen LogP contribution in [-0.4, -0.2) is 40.0 Å². The summed E-state index contributed by atoms with van der Waals surface area (Å²) in [5, 5.41) is 9.18. The van der Waals surface area contributed by atoms with E-state index < -0.39 is 0 Å². The highest BCUT2D eigenvalue weighted by atomic mass is 32.2. The van der Waals surface area contributed by atoms with Crippen LogP contribution in [0.4, 0.5) is 0 Å². The van der Waals surface area contributed by atoms with Crippen LogP contribution in [-0.2, 0) is 0 Å². The molecule has 2 aromatic heterocycles. The zero-order valence-corrected chi connectivity index (χ0v) is 13.6. The maximum Gasteiger partial charge on any atom is 0.154 e. The monoisotopic (exact) mass is 326 g/mol. The van der Waals surface area contributed by atoms with E-state index in [1.807, 2.05) is 35.0 Å². The van der Waals surface area contributed by atoms with Crippen LogP contribution in [0.25, 0.3) is 16.9 Å². The molecule has 3 aromatic rings. The van der Waals surface area contributed by atoms with E-state index in [1.54, 1.807) is 11.8 Å². The fourth-order valence-corrected chi connectivity index (χ4v) is 3.37. The molecule has 1 aromatic carbocycles. The minimum absolute atomic E-state index is 0.720. The average molecular weight is 326 g/mol. The largest absolute Gasteiger partial charge is 0.494 e. The average Bonchev–Trinajstić information content (AvgIpc) is 3.00. The molecule has 4 bridgehead atoms. The van der Waals surface area contributed by atoms with Gasteiger partial charge in [0.1, 0.15) is 10.8 Å². The third-order valence-electron chi connectivity index (χ3n) is 3.76. The molecule has 0 saturated carbocycles. The van der Waals surface area contributed by atoms with Crippen LogP contribution in [0, 0.1) is 0 Å². The smallest absolute Gasteiger partial charge is 0.154 e. The van der Waals surface area contributed by atoms with E-state index in [1.165, 1.54) is 0 Å². The van der Waals surface area contributed by atoms with Crippen LogP contribution in [0.5, 0.6) is 5.75 Å². The molecule has 0 atom stereocenters. The lowest BCUT2D eigenvalue weighted by atomic mass is 10.1. The standard InChI is InChI=1S/C17H18N4OS/c1-3-13-11-14(4-1)22-9-2-7-18-8-10-23-17-6-5-16-19-12-15(13)21(16)20-17/h1,3-6,11-12,18H,2,7-10H2. The number of nitrogens with one attached hydrogen (secondary N) is 1. The molecule has 3 heterocycles. The van der Waals surface area contributed by atoms with Gasteiger partial charge in [-0.05, 0) is 37.2 Å². The molecule has 6 heteroatoms. The van der Waals surface area contributed by atoms with Crippen molar-refractivity contribution in [1.82, 2.24) is 19.9 Å². The van der Waals surface area contributed by atoms with Crippen molar-refractivity contribution in [2.24, 2.45) is 0 Å². The molecular formula is C17H18N4OS. The van der Waals surface area contributed by atoms with E-state index in [0.29, 0.717) is 0 Å². The first-order valence-electron chi connectivity index (χ1n) is 7.82. The second-order valence-electron chi connectivity index (χ2n) is 5.41. The predicted molar refractivity (Wildman–Crippen MR) is 92.1 cm³/mol. The highest BCUT2D eigenvalue weighted by molar-refractivity contribution is 7.99. The number of nitrogens with zero attached hydrogens (tertiary/aromatic N) is 3. The number of thioether (sulfide) groups is 1. The van der Waals surface area contributed by atoms with Crippen molar-refractivity contribution in [2.45, 2.75) is 11.4 Å². The molecule has 5 nitrogen and oxygen atoms in total. The fraction of sp³-hybridized carbons (Fsp3) is 0.294. The van der Waals surface area contributed by atoms with Gasteiger partial charge in [-0.2, -0.15) is 5.10 Å². The van der Waals surface area contributed by atoms with Gasteiger partial charge in [0.25, 0.3) is 0 Å². The van der Waals surface area contributed by atoms with Crippen molar-refractivity contribution >= 4 is 17.4 Å². The summed E-state index contributed by atoms with van der Waals surface area (Å²) in [5.74, 6) is 1.88. The van der Waals surface area contributed by atoms with Gasteiger partial charge in [0.15, 0.2) is 5.65 Å². The number of aromatic nitrogens is 3. The lowest BCUT2D eigenvalue weighted by Crippen LogP contribution is -2.20. The van der Waals surface area contributed by atoms with Crippen LogP contribution in [0.3, 0.4) is 0 Å². The van der Waals surface area contributed by atoms with Gasteiger partial charge in [0.2, 0.25) is 0 Å². The van der Waals surface area contributed by atoms with Crippen molar-refractivity contribution < 1.29 is 4.74 Å². The Bertz CT molecular complexity index is 817. The number of imidazole rings is 1. The summed E-state index contributed by atoms with van der Waals surface area (Å²) in [4.78, 5) is 4.46. The van der Waals surface area contributed by atoms with Gasteiger partial charge in [0, 0.05) is 17.9 Å². The minimum atomic E-state index is 0.720. The van der Waals surface area contributed by atoms with E-state index >= 15 is 0 Å². The lowest BCUT2D eigenvalue weighted by molar-refractivity contribution is 0.309. The number of hydrogen-bond acceptors (Lipinski definition) is 5. The summed E-state index contributed by atoms with van der Waals surface area (Å²) >= 11 is 1.76. The summed E-state index contributed by atoms with van der Waals surface area (Å²) in [5.41, 5.74) is 2.91. The Morgan fingerprint density at radius 1 is 1.17 bits per heavy atom. The van der Waals surface area contributed by atoms with Crippen molar-refractivity contribution in [3.63, 3.8) is 0 Å². The first-order chi connectivity index (χ1) is 11.4. The van der Waals surface area contributed by atoms with Gasteiger partial charge in [-0.25, -0.2) is 9.50 Å². The fourth-order valence-electron chi connectivity index (χ4n) is 2.62.